The standard InChI is InChI=1S/C25H24ClN3O7S/c1-35-19-12-16(11-18(26)23(19)36-15-22(31)32)13-20-24(33)29(25(34)37-20)14-21(30)28-9-7-27(8-10-28)17-5-3-2-4-6-17/h2-6,11-13H,7-10,14-15H2,1H3,(H,31,32)/b20-13-. The molecule has 0 saturated carbocycles. The summed E-state index contributed by atoms with van der Waals surface area (Å²) in [7, 11) is 1.36. The summed E-state index contributed by atoms with van der Waals surface area (Å²) in [5.41, 5.74) is 1.53. The van der Waals surface area contributed by atoms with Crippen molar-refractivity contribution in [3.05, 3.63) is 58.0 Å². The molecule has 0 bridgehead atoms. The lowest BCUT2D eigenvalue weighted by Crippen LogP contribution is -2.51. The summed E-state index contributed by atoms with van der Waals surface area (Å²) in [5, 5.41) is 8.38. The fraction of sp³-hybridized carbons (Fsp3) is 0.280. The van der Waals surface area contributed by atoms with Gasteiger partial charge in [0.2, 0.25) is 5.91 Å². The van der Waals surface area contributed by atoms with Crippen molar-refractivity contribution in [3.63, 3.8) is 0 Å². The molecule has 2 fully saturated rings. The van der Waals surface area contributed by atoms with Crippen molar-refractivity contribution in [3.8, 4) is 11.5 Å². The van der Waals surface area contributed by atoms with Gasteiger partial charge in [0.1, 0.15) is 6.54 Å². The number of anilines is 1. The molecule has 0 unspecified atom stereocenters. The zero-order chi connectivity index (χ0) is 26.5. The number of carbonyl (C=O) groups excluding carboxylic acids is 3. The average molecular weight is 546 g/mol. The number of halogens is 1. The second kappa shape index (κ2) is 11.6. The Morgan fingerprint density at radius 2 is 1.81 bits per heavy atom. The molecule has 4 rings (SSSR count). The molecular formula is C25H24ClN3O7S. The van der Waals surface area contributed by atoms with E-state index in [4.69, 9.17) is 26.2 Å². The number of piperazine rings is 1. The summed E-state index contributed by atoms with van der Waals surface area (Å²) in [4.78, 5) is 54.1. The summed E-state index contributed by atoms with van der Waals surface area (Å²) in [6.07, 6.45) is 1.46. The molecule has 2 aromatic rings. The minimum atomic E-state index is -1.18. The lowest BCUT2D eigenvalue weighted by atomic mass is 10.1. The van der Waals surface area contributed by atoms with Gasteiger partial charge in [-0.15, -0.1) is 0 Å². The monoisotopic (exact) mass is 545 g/mol. The fourth-order valence-electron chi connectivity index (χ4n) is 3.97. The first-order chi connectivity index (χ1) is 17.8. The Morgan fingerprint density at radius 3 is 2.46 bits per heavy atom. The largest absolute Gasteiger partial charge is 0.493 e. The Morgan fingerprint density at radius 1 is 1.11 bits per heavy atom. The Kier molecular flexibility index (Phi) is 8.24. The predicted octanol–water partition coefficient (Wildman–Crippen LogP) is 3.20. The molecule has 12 heteroatoms. The number of carboxylic acid groups (broad SMARTS) is 1. The van der Waals surface area contributed by atoms with Crippen molar-refractivity contribution in [1.82, 2.24) is 9.80 Å². The summed E-state index contributed by atoms with van der Waals surface area (Å²) in [5.74, 6) is -1.82. The quantitative estimate of drug-likeness (QED) is 0.499. The van der Waals surface area contributed by atoms with Crippen LogP contribution in [-0.4, -0.2) is 84.4 Å². The van der Waals surface area contributed by atoms with Crippen molar-refractivity contribution in [1.29, 1.82) is 0 Å². The van der Waals surface area contributed by atoms with Gasteiger partial charge in [-0.05, 0) is 47.7 Å². The minimum Gasteiger partial charge on any atom is -0.493 e. The van der Waals surface area contributed by atoms with Gasteiger partial charge < -0.3 is 24.4 Å². The predicted molar refractivity (Wildman–Crippen MR) is 139 cm³/mol. The highest BCUT2D eigenvalue weighted by Crippen LogP contribution is 2.39. The van der Waals surface area contributed by atoms with Crippen LogP contribution >= 0.6 is 23.4 Å². The van der Waals surface area contributed by atoms with E-state index in [9.17, 15) is 19.2 Å². The van der Waals surface area contributed by atoms with Gasteiger partial charge in [0.15, 0.2) is 18.1 Å². The molecule has 2 aliphatic rings. The fourth-order valence-corrected chi connectivity index (χ4v) is 5.08. The number of nitrogens with zero attached hydrogens (tertiary/aromatic N) is 3. The topological polar surface area (TPSA) is 117 Å². The molecule has 2 saturated heterocycles. The number of hydrogen-bond donors (Lipinski definition) is 1. The number of carbonyl (C=O) groups is 4. The van der Waals surface area contributed by atoms with Crippen LogP contribution in [0.2, 0.25) is 5.02 Å². The lowest BCUT2D eigenvalue weighted by Gasteiger charge is -2.36. The van der Waals surface area contributed by atoms with E-state index in [1.54, 1.807) is 4.90 Å². The Balaban J connectivity index is 1.40. The smallest absolute Gasteiger partial charge is 0.341 e. The zero-order valence-corrected chi connectivity index (χ0v) is 21.5. The Bertz CT molecular complexity index is 1250. The normalized spacial score (nSPS) is 16.9. The molecular weight excluding hydrogens is 522 g/mol. The number of rotatable bonds is 8. The number of methoxy groups -OCH3 is 1. The number of imide groups is 1. The molecule has 3 amide bonds. The molecule has 0 spiro atoms. The molecule has 0 aromatic heterocycles. The molecule has 1 N–H and O–H groups in total. The number of carboxylic acids is 1. The van der Waals surface area contributed by atoms with Crippen LogP contribution in [0.5, 0.6) is 11.5 Å². The lowest BCUT2D eigenvalue weighted by molar-refractivity contribution is -0.139. The van der Waals surface area contributed by atoms with Gasteiger partial charge in [0, 0.05) is 31.9 Å². The van der Waals surface area contributed by atoms with Crippen LogP contribution in [0.4, 0.5) is 10.5 Å². The van der Waals surface area contributed by atoms with Crippen LogP contribution in [0.3, 0.4) is 0 Å². The number of amides is 3. The number of thioether (sulfide) groups is 1. The van der Waals surface area contributed by atoms with Crippen LogP contribution in [0.15, 0.2) is 47.4 Å². The first kappa shape index (κ1) is 26.4. The Hall–Kier alpha value is -3.70. The highest BCUT2D eigenvalue weighted by atomic mass is 35.5. The van der Waals surface area contributed by atoms with E-state index in [-0.39, 0.29) is 33.9 Å². The third kappa shape index (κ3) is 6.17. The number of aliphatic carboxylic acids is 1. The minimum absolute atomic E-state index is 0.0507. The van der Waals surface area contributed by atoms with Crippen molar-refractivity contribution in [2.45, 2.75) is 0 Å². The van der Waals surface area contributed by atoms with Gasteiger partial charge in [-0.2, -0.15) is 0 Å². The Labute approximate surface area is 222 Å². The average Bonchev–Trinajstić information content (AvgIpc) is 3.15. The van der Waals surface area contributed by atoms with E-state index in [0.29, 0.717) is 31.7 Å². The molecule has 0 atom stereocenters. The SMILES string of the molecule is COc1cc(/C=C2\SC(=O)N(CC(=O)N3CCN(c4ccccc4)CC3)C2=O)cc(Cl)c1OCC(=O)O. The van der Waals surface area contributed by atoms with Crippen LogP contribution in [0, 0.1) is 0 Å². The van der Waals surface area contributed by atoms with Crippen molar-refractivity contribution >= 4 is 58.1 Å². The maximum atomic E-state index is 12.9. The number of ether oxygens (including phenoxy) is 2. The van der Waals surface area contributed by atoms with Crippen LogP contribution in [0.1, 0.15) is 5.56 Å². The van der Waals surface area contributed by atoms with Crippen LogP contribution in [0.25, 0.3) is 6.08 Å². The molecule has 2 aliphatic heterocycles. The summed E-state index contributed by atoms with van der Waals surface area (Å²) >= 11 is 6.96. The third-order valence-corrected chi connectivity index (χ3v) is 7.00. The van der Waals surface area contributed by atoms with Crippen molar-refractivity contribution < 1.29 is 33.8 Å². The van der Waals surface area contributed by atoms with Crippen LogP contribution in [-0.2, 0) is 14.4 Å². The summed E-state index contributed by atoms with van der Waals surface area (Å²) in [6, 6.07) is 12.9. The highest BCUT2D eigenvalue weighted by Gasteiger charge is 2.37. The first-order valence-electron chi connectivity index (χ1n) is 11.3. The number of para-hydroxylation sites is 1. The van der Waals surface area contributed by atoms with Gasteiger partial charge in [-0.3, -0.25) is 19.3 Å². The number of hydrogen-bond acceptors (Lipinski definition) is 8. The van der Waals surface area contributed by atoms with E-state index >= 15 is 0 Å². The molecule has 0 radical (unpaired) electrons. The van der Waals surface area contributed by atoms with Gasteiger partial charge in [-0.25, -0.2) is 4.79 Å². The van der Waals surface area contributed by atoms with E-state index in [2.05, 4.69) is 4.90 Å². The van der Waals surface area contributed by atoms with Crippen LogP contribution < -0.4 is 14.4 Å². The second-order valence-electron chi connectivity index (χ2n) is 8.19. The molecule has 2 aromatic carbocycles. The summed E-state index contributed by atoms with van der Waals surface area (Å²) in [6.45, 7) is 1.37. The van der Waals surface area contributed by atoms with Crippen molar-refractivity contribution in [2.75, 3.05) is 51.3 Å². The maximum absolute atomic E-state index is 12.9. The summed E-state index contributed by atoms with van der Waals surface area (Å²) < 4.78 is 10.4. The molecule has 37 heavy (non-hydrogen) atoms. The van der Waals surface area contributed by atoms with E-state index < -0.39 is 23.7 Å². The third-order valence-electron chi connectivity index (χ3n) is 5.81. The van der Waals surface area contributed by atoms with Crippen molar-refractivity contribution in [2.24, 2.45) is 0 Å². The first-order valence-corrected chi connectivity index (χ1v) is 12.5. The highest BCUT2D eigenvalue weighted by molar-refractivity contribution is 8.18. The van der Waals surface area contributed by atoms with Gasteiger partial charge in [0.25, 0.3) is 11.1 Å². The maximum Gasteiger partial charge on any atom is 0.341 e. The zero-order valence-electron chi connectivity index (χ0n) is 19.9. The van der Waals surface area contributed by atoms with E-state index in [0.717, 1.165) is 22.3 Å². The number of benzene rings is 2. The van der Waals surface area contributed by atoms with Gasteiger partial charge in [-0.1, -0.05) is 29.8 Å². The van der Waals surface area contributed by atoms with Gasteiger partial charge in [0.05, 0.1) is 17.0 Å². The molecule has 0 aliphatic carbocycles. The van der Waals surface area contributed by atoms with E-state index in [1.807, 2.05) is 30.3 Å². The van der Waals surface area contributed by atoms with Gasteiger partial charge >= 0.3 is 5.97 Å². The van der Waals surface area contributed by atoms with E-state index in [1.165, 1.54) is 25.3 Å². The second-order valence-corrected chi connectivity index (χ2v) is 9.59. The molecule has 194 valence electrons. The molecule has 10 nitrogen and oxygen atoms in total. The molecule has 2 heterocycles.